The lowest BCUT2D eigenvalue weighted by Gasteiger charge is -2.13. The van der Waals surface area contributed by atoms with E-state index in [-0.39, 0.29) is 33.0 Å². The summed E-state index contributed by atoms with van der Waals surface area (Å²) in [7, 11) is -3.66. The Morgan fingerprint density at radius 2 is 2.11 bits per heavy atom. The van der Waals surface area contributed by atoms with Crippen LogP contribution in [0.2, 0.25) is 5.02 Å². The van der Waals surface area contributed by atoms with E-state index in [0.717, 1.165) is 0 Å². The molecule has 1 aliphatic rings. The monoisotopic (exact) mass is 411 g/mol. The smallest absolute Gasteiger partial charge is 0.257 e. The number of sulfone groups is 1. The number of hydrogen-bond donors (Lipinski definition) is 1. The minimum absolute atomic E-state index is 0.0439. The van der Waals surface area contributed by atoms with E-state index in [4.69, 9.17) is 16.3 Å². The van der Waals surface area contributed by atoms with Gasteiger partial charge in [-0.15, -0.1) is 0 Å². The number of halogens is 2. The van der Waals surface area contributed by atoms with Gasteiger partial charge in [-0.3, -0.25) is 4.79 Å². The highest BCUT2D eigenvalue weighted by Gasteiger charge is 2.28. The molecule has 8 heteroatoms. The first-order valence-corrected chi connectivity index (χ1v) is 10.5. The number of amides is 1. The average Bonchev–Trinajstić information content (AvgIpc) is 3.10. The molecule has 1 amide bonds. The lowest BCUT2D eigenvalue weighted by molar-refractivity contribution is 0.102. The Kier molecular flexibility index (Phi) is 5.83. The quantitative estimate of drug-likeness (QED) is 0.811. The molecule has 1 fully saturated rings. The first-order valence-electron chi connectivity index (χ1n) is 8.44. The summed E-state index contributed by atoms with van der Waals surface area (Å²) >= 11 is 6.27. The van der Waals surface area contributed by atoms with Crippen molar-refractivity contribution in [2.75, 3.05) is 24.3 Å². The molecule has 1 heterocycles. The van der Waals surface area contributed by atoms with E-state index in [0.29, 0.717) is 30.9 Å². The third-order valence-corrected chi connectivity index (χ3v) is 6.88. The fourth-order valence-electron chi connectivity index (χ4n) is 2.96. The van der Waals surface area contributed by atoms with Crippen molar-refractivity contribution in [3.8, 4) is 0 Å². The Hall–Kier alpha value is -1.96. The molecule has 2 aromatic carbocycles. The van der Waals surface area contributed by atoms with Crippen LogP contribution in [0.15, 0.2) is 41.3 Å². The summed E-state index contributed by atoms with van der Waals surface area (Å²) in [4.78, 5) is 12.5. The number of hydrogen-bond acceptors (Lipinski definition) is 4. The van der Waals surface area contributed by atoms with E-state index in [1.54, 1.807) is 6.92 Å². The van der Waals surface area contributed by atoms with Crippen LogP contribution in [0.25, 0.3) is 0 Å². The van der Waals surface area contributed by atoms with Gasteiger partial charge in [0.2, 0.25) is 0 Å². The number of aryl methyl sites for hydroxylation is 1. The van der Waals surface area contributed by atoms with Crippen molar-refractivity contribution in [3.63, 3.8) is 0 Å². The van der Waals surface area contributed by atoms with Crippen molar-refractivity contribution in [2.24, 2.45) is 5.92 Å². The van der Waals surface area contributed by atoms with Crippen LogP contribution in [0, 0.1) is 18.7 Å². The molecule has 144 valence electrons. The summed E-state index contributed by atoms with van der Waals surface area (Å²) < 4.78 is 44.0. The van der Waals surface area contributed by atoms with Crippen LogP contribution in [0.5, 0.6) is 0 Å². The van der Waals surface area contributed by atoms with Crippen LogP contribution < -0.4 is 5.32 Å². The van der Waals surface area contributed by atoms with E-state index in [1.807, 2.05) is 0 Å². The number of rotatable bonds is 5. The number of carbonyl (C=O) groups is 1. The van der Waals surface area contributed by atoms with Crippen molar-refractivity contribution in [1.29, 1.82) is 0 Å². The van der Waals surface area contributed by atoms with Gasteiger partial charge >= 0.3 is 0 Å². The summed E-state index contributed by atoms with van der Waals surface area (Å²) in [6.45, 7) is 2.53. The van der Waals surface area contributed by atoms with Crippen LogP contribution in [-0.2, 0) is 14.6 Å². The second-order valence-corrected chi connectivity index (χ2v) is 8.93. The SMILES string of the molecule is Cc1cc(NC(=O)c2cccc(S(=O)(=O)C[C@H]3CCOC3)c2Cl)ccc1F. The summed E-state index contributed by atoms with van der Waals surface area (Å²) in [5, 5.41) is 2.50. The highest BCUT2D eigenvalue weighted by Crippen LogP contribution is 2.29. The molecule has 1 N–H and O–H groups in total. The molecule has 0 unspecified atom stereocenters. The van der Waals surface area contributed by atoms with Crippen molar-refractivity contribution < 1.29 is 22.3 Å². The Bertz CT molecular complexity index is 972. The molecule has 0 spiro atoms. The summed E-state index contributed by atoms with van der Waals surface area (Å²) in [6, 6.07) is 8.49. The van der Waals surface area contributed by atoms with E-state index in [1.165, 1.54) is 36.4 Å². The van der Waals surface area contributed by atoms with E-state index >= 15 is 0 Å². The predicted molar refractivity (Wildman–Crippen MR) is 102 cm³/mol. The maximum Gasteiger partial charge on any atom is 0.257 e. The summed E-state index contributed by atoms with van der Waals surface area (Å²) in [5.74, 6) is -1.09. The maximum absolute atomic E-state index is 13.4. The molecule has 2 aromatic rings. The molecule has 1 atom stereocenters. The molecule has 0 aromatic heterocycles. The van der Waals surface area contributed by atoms with Crippen molar-refractivity contribution in [1.82, 2.24) is 0 Å². The zero-order valence-corrected chi connectivity index (χ0v) is 16.2. The molecule has 1 saturated heterocycles. The van der Waals surface area contributed by atoms with Gasteiger partial charge in [0.1, 0.15) is 5.82 Å². The van der Waals surface area contributed by atoms with Crippen molar-refractivity contribution >= 4 is 33.0 Å². The number of benzene rings is 2. The molecule has 0 aliphatic carbocycles. The van der Waals surface area contributed by atoms with Crippen molar-refractivity contribution in [2.45, 2.75) is 18.2 Å². The largest absolute Gasteiger partial charge is 0.381 e. The van der Waals surface area contributed by atoms with Crippen LogP contribution in [0.4, 0.5) is 10.1 Å². The molecule has 27 heavy (non-hydrogen) atoms. The van der Waals surface area contributed by atoms with Crippen LogP contribution in [-0.4, -0.2) is 33.3 Å². The fraction of sp³-hybridized carbons (Fsp3) is 0.316. The molecule has 1 aliphatic heterocycles. The Balaban J connectivity index is 1.85. The zero-order chi connectivity index (χ0) is 19.6. The highest BCUT2D eigenvalue weighted by atomic mass is 35.5. The molecular weight excluding hydrogens is 393 g/mol. The number of carbonyl (C=O) groups excluding carboxylic acids is 1. The first-order chi connectivity index (χ1) is 12.8. The van der Waals surface area contributed by atoms with Gasteiger partial charge in [0.15, 0.2) is 9.84 Å². The number of anilines is 1. The Morgan fingerprint density at radius 1 is 1.33 bits per heavy atom. The van der Waals surface area contributed by atoms with Gasteiger partial charge in [-0.2, -0.15) is 0 Å². The number of nitrogens with one attached hydrogen (secondary N) is 1. The molecule has 3 rings (SSSR count). The minimum Gasteiger partial charge on any atom is -0.381 e. The normalized spacial score (nSPS) is 17.1. The van der Waals surface area contributed by atoms with E-state index in [9.17, 15) is 17.6 Å². The third-order valence-electron chi connectivity index (χ3n) is 4.44. The van der Waals surface area contributed by atoms with E-state index in [2.05, 4.69) is 5.32 Å². The number of ether oxygens (including phenoxy) is 1. The standard InChI is InChI=1S/C19H19ClFNO4S/c1-12-9-14(5-6-16(12)21)22-19(23)15-3-2-4-17(18(15)20)27(24,25)11-13-7-8-26-10-13/h2-6,9,13H,7-8,10-11H2,1H3,(H,22,23)/t13-/m0/s1. The molecular formula is C19H19ClFNO4S. The molecule has 0 saturated carbocycles. The second-order valence-electron chi connectivity index (χ2n) is 6.55. The van der Waals surface area contributed by atoms with Crippen LogP contribution in [0.1, 0.15) is 22.3 Å². The predicted octanol–water partition coefficient (Wildman–Crippen LogP) is 3.85. The van der Waals surface area contributed by atoms with Gasteiger partial charge in [0.05, 0.1) is 27.8 Å². The topological polar surface area (TPSA) is 72.5 Å². The lowest BCUT2D eigenvalue weighted by atomic mass is 10.1. The highest BCUT2D eigenvalue weighted by molar-refractivity contribution is 7.91. The van der Waals surface area contributed by atoms with Gasteiger partial charge in [-0.25, -0.2) is 12.8 Å². The molecule has 5 nitrogen and oxygen atoms in total. The Labute approximate surface area is 162 Å². The van der Waals surface area contributed by atoms with Gasteiger partial charge in [-0.1, -0.05) is 17.7 Å². The maximum atomic E-state index is 13.4. The molecule has 0 radical (unpaired) electrons. The zero-order valence-electron chi connectivity index (χ0n) is 14.7. The van der Waals surface area contributed by atoms with E-state index < -0.39 is 15.7 Å². The second kappa shape index (κ2) is 7.96. The third kappa shape index (κ3) is 4.48. The fourth-order valence-corrected chi connectivity index (χ4v) is 5.26. The van der Waals surface area contributed by atoms with Crippen molar-refractivity contribution in [3.05, 3.63) is 58.4 Å². The van der Waals surface area contributed by atoms with Gasteiger partial charge in [0, 0.05) is 12.3 Å². The van der Waals surface area contributed by atoms with Crippen LogP contribution >= 0.6 is 11.6 Å². The summed E-state index contributed by atoms with van der Waals surface area (Å²) in [6.07, 6.45) is 0.681. The first kappa shape index (κ1) is 19.8. The summed E-state index contributed by atoms with van der Waals surface area (Å²) in [5.41, 5.74) is 0.822. The van der Waals surface area contributed by atoms with Crippen LogP contribution in [0.3, 0.4) is 0 Å². The Morgan fingerprint density at radius 3 is 2.78 bits per heavy atom. The average molecular weight is 412 g/mol. The minimum atomic E-state index is -3.66. The van der Waals surface area contributed by atoms with Gasteiger partial charge in [0.25, 0.3) is 5.91 Å². The lowest BCUT2D eigenvalue weighted by Crippen LogP contribution is -2.18. The van der Waals surface area contributed by atoms with Gasteiger partial charge in [-0.05, 0) is 55.2 Å². The molecule has 0 bridgehead atoms. The van der Waals surface area contributed by atoms with Gasteiger partial charge < -0.3 is 10.1 Å².